The van der Waals surface area contributed by atoms with Gasteiger partial charge in [-0.15, -0.1) is 0 Å². The van der Waals surface area contributed by atoms with Crippen molar-refractivity contribution in [2.45, 2.75) is 6.61 Å². The van der Waals surface area contributed by atoms with Gasteiger partial charge in [-0.2, -0.15) is 0 Å². The zero-order valence-electron chi connectivity index (χ0n) is 20.9. The van der Waals surface area contributed by atoms with Gasteiger partial charge >= 0.3 is 0 Å². The van der Waals surface area contributed by atoms with Gasteiger partial charge in [0.1, 0.15) is 23.9 Å². The number of anilines is 2. The SMILES string of the molecule is Cn1ccnc1COc1ccnc(-c2ccnc(Nc3ccc4[nH]c(C(=O)N5CCNCC5)cc4c3)n2)c1. The van der Waals surface area contributed by atoms with E-state index in [2.05, 4.69) is 35.6 Å². The third-order valence-corrected chi connectivity index (χ3v) is 6.45. The van der Waals surface area contributed by atoms with Crippen molar-refractivity contribution in [3.63, 3.8) is 0 Å². The highest BCUT2D eigenvalue weighted by molar-refractivity contribution is 5.98. The number of amides is 1. The lowest BCUT2D eigenvalue weighted by Crippen LogP contribution is -2.46. The van der Waals surface area contributed by atoms with E-state index in [-0.39, 0.29) is 5.91 Å². The molecule has 1 saturated heterocycles. The number of rotatable bonds is 7. The van der Waals surface area contributed by atoms with E-state index in [9.17, 15) is 4.79 Å². The number of imidazole rings is 1. The Morgan fingerprint density at radius 3 is 2.71 bits per heavy atom. The number of hydrogen-bond acceptors (Lipinski definition) is 8. The van der Waals surface area contributed by atoms with Crippen molar-refractivity contribution in [3.8, 4) is 17.1 Å². The summed E-state index contributed by atoms with van der Waals surface area (Å²) in [4.78, 5) is 35.7. The van der Waals surface area contributed by atoms with Crippen LogP contribution in [0.1, 0.15) is 16.3 Å². The highest BCUT2D eigenvalue weighted by Crippen LogP contribution is 2.25. The van der Waals surface area contributed by atoms with Gasteiger partial charge in [-0.05, 0) is 36.4 Å². The fourth-order valence-corrected chi connectivity index (χ4v) is 4.38. The van der Waals surface area contributed by atoms with Crippen molar-refractivity contribution in [1.29, 1.82) is 0 Å². The topological polar surface area (TPSA) is 126 Å². The lowest BCUT2D eigenvalue weighted by atomic mass is 10.2. The van der Waals surface area contributed by atoms with Crippen molar-refractivity contribution in [3.05, 3.63) is 78.8 Å². The standard InChI is InChI=1S/C27H27N9O2/c1-35-11-10-30-25(35)17-38-20-4-6-29-23(16-20)22-5-7-31-27(34-22)32-19-2-3-21-18(14-19)15-24(33-21)26(37)36-12-8-28-9-13-36/h2-7,10-11,14-16,28,33H,8-9,12-13,17H2,1H3,(H,31,32,34). The second-order valence-electron chi connectivity index (χ2n) is 9.04. The molecule has 1 fully saturated rings. The summed E-state index contributed by atoms with van der Waals surface area (Å²) >= 11 is 0. The predicted octanol–water partition coefficient (Wildman–Crippen LogP) is 3.12. The number of hydrogen-bond donors (Lipinski definition) is 3. The normalized spacial score (nSPS) is 13.6. The van der Waals surface area contributed by atoms with Gasteiger partial charge in [0.15, 0.2) is 0 Å². The van der Waals surface area contributed by atoms with Gasteiger partial charge < -0.3 is 29.8 Å². The molecule has 1 aliphatic rings. The van der Waals surface area contributed by atoms with Gasteiger partial charge in [0, 0.05) is 80.7 Å². The third-order valence-electron chi connectivity index (χ3n) is 6.45. The molecule has 0 aliphatic carbocycles. The fourth-order valence-electron chi connectivity index (χ4n) is 4.38. The van der Waals surface area contributed by atoms with Crippen molar-refractivity contribution < 1.29 is 9.53 Å². The molecule has 1 amide bonds. The highest BCUT2D eigenvalue weighted by Gasteiger charge is 2.19. The first-order valence-corrected chi connectivity index (χ1v) is 12.4. The van der Waals surface area contributed by atoms with Crippen LogP contribution < -0.4 is 15.4 Å². The van der Waals surface area contributed by atoms with Gasteiger partial charge in [-0.1, -0.05) is 0 Å². The largest absolute Gasteiger partial charge is 0.486 e. The number of nitrogens with one attached hydrogen (secondary N) is 3. The second kappa shape index (κ2) is 10.3. The molecule has 3 N–H and O–H groups in total. The minimum atomic E-state index is 0.0203. The molecular formula is C27H27N9O2. The van der Waals surface area contributed by atoms with E-state index in [1.807, 2.05) is 53.0 Å². The molecule has 6 rings (SSSR count). The number of H-pyrrole nitrogens is 1. The Balaban J connectivity index is 1.17. The summed E-state index contributed by atoms with van der Waals surface area (Å²) in [5.41, 5.74) is 3.64. The fraction of sp³-hybridized carbons (Fsp3) is 0.222. The molecule has 0 radical (unpaired) electrons. The first-order valence-electron chi connectivity index (χ1n) is 12.4. The lowest BCUT2D eigenvalue weighted by Gasteiger charge is -2.26. The van der Waals surface area contributed by atoms with Crippen LogP contribution in [0.5, 0.6) is 5.75 Å². The number of aromatic nitrogens is 6. The Labute approximate surface area is 218 Å². The molecule has 1 aliphatic heterocycles. The van der Waals surface area contributed by atoms with Crippen molar-refractivity contribution in [2.75, 3.05) is 31.5 Å². The van der Waals surface area contributed by atoms with E-state index >= 15 is 0 Å². The van der Waals surface area contributed by atoms with Crippen LogP contribution in [0.25, 0.3) is 22.3 Å². The molecule has 4 aromatic heterocycles. The summed E-state index contributed by atoms with van der Waals surface area (Å²) in [5, 5.41) is 7.47. The molecule has 38 heavy (non-hydrogen) atoms. The number of fused-ring (bicyclic) bond motifs is 1. The smallest absolute Gasteiger partial charge is 0.270 e. The van der Waals surface area contributed by atoms with Crippen LogP contribution in [0.3, 0.4) is 0 Å². The van der Waals surface area contributed by atoms with Gasteiger partial charge in [-0.25, -0.2) is 15.0 Å². The molecule has 0 bridgehead atoms. The van der Waals surface area contributed by atoms with E-state index in [0.717, 1.165) is 35.5 Å². The number of ether oxygens (including phenoxy) is 1. The number of piperazine rings is 1. The van der Waals surface area contributed by atoms with E-state index in [1.54, 1.807) is 30.7 Å². The second-order valence-corrected chi connectivity index (χ2v) is 9.04. The molecule has 192 valence electrons. The quantitative estimate of drug-likeness (QED) is 0.306. The van der Waals surface area contributed by atoms with Crippen LogP contribution in [0.4, 0.5) is 11.6 Å². The average Bonchev–Trinajstić information content (AvgIpc) is 3.57. The Morgan fingerprint density at radius 2 is 1.87 bits per heavy atom. The summed E-state index contributed by atoms with van der Waals surface area (Å²) in [7, 11) is 1.93. The minimum absolute atomic E-state index is 0.0203. The third kappa shape index (κ3) is 5.04. The number of carbonyl (C=O) groups is 1. The maximum absolute atomic E-state index is 12.9. The maximum Gasteiger partial charge on any atom is 0.270 e. The van der Waals surface area contributed by atoms with E-state index in [1.165, 1.54) is 0 Å². The Kier molecular flexibility index (Phi) is 6.40. The van der Waals surface area contributed by atoms with Crippen LogP contribution in [-0.2, 0) is 13.7 Å². The van der Waals surface area contributed by atoms with Crippen molar-refractivity contribution >= 4 is 28.4 Å². The van der Waals surface area contributed by atoms with Crippen LogP contribution in [0.2, 0.25) is 0 Å². The zero-order chi connectivity index (χ0) is 25.9. The Bertz CT molecular complexity index is 1590. The first-order chi connectivity index (χ1) is 18.6. The van der Waals surface area contributed by atoms with E-state index in [0.29, 0.717) is 48.5 Å². The number of carbonyl (C=O) groups excluding carboxylic acids is 1. The monoisotopic (exact) mass is 509 g/mol. The van der Waals surface area contributed by atoms with Crippen molar-refractivity contribution in [2.24, 2.45) is 7.05 Å². The van der Waals surface area contributed by atoms with Gasteiger partial charge in [0.2, 0.25) is 5.95 Å². The lowest BCUT2D eigenvalue weighted by molar-refractivity contribution is 0.0731. The molecule has 11 nitrogen and oxygen atoms in total. The summed E-state index contributed by atoms with van der Waals surface area (Å²) < 4.78 is 7.82. The first kappa shape index (κ1) is 23.6. The molecule has 1 aromatic carbocycles. The summed E-state index contributed by atoms with van der Waals surface area (Å²) in [6.07, 6.45) is 7.00. The molecule has 0 atom stereocenters. The number of pyridine rings is 1. The van der Waals surface area contributed by atoms with E-state index < -0.39 is 0 Å². The molecule has 5 heterocycles. The molecular weight excluding hydrogens is 482 g/mol. The molecule has 0 spiro atoms. The van der Waals surface area contributed by atoms with Gasteiger partial charge in [-0.3, -0.25) is 9.78 Å². The predicted molar refractivity (Wildman–Crippen MR) is 143 cm³/mol. The summed E-state index contributed by atoms with van der Waals surface area (Å²) in [6.45, 7) is 3.41. The number of aryl methyl sites for hydroxylation is 1. The van der Waals surface area contributed by atoms with Gasteiger partial charge in [0.25, 0.3) is 5.91 Å². The average molecular weight is 510 g/mol. The maximum atomic E-state index is 12.9. The Hall–Kier alpha value is -4.77. The summed E-state index contributed by atoms with van der Waals surface area (Å²) in [6, 6.07) is 13.2. The molecule has 0 saturated carbocycles. The highest BCUT2D eigenvalue weighted by atomic mass is 16.5. The molecule has 0 unspecified atom stereocenters. The van der Waals surface area contributed by atoms with Crippen LogP contribution in [0, 0.1) is 0 Å². The van der Waals surface area contributed by atoms with Crippen LogP contribution in [0.15, 0.2) is 67.3 Å². The summed E-state index contributed by atoms with van der Waals surface area (Å²) in [5.74, 6) is 1.97. The Morgan fingerprint density at radius 1 is 1.00 bits per heavy atom. The number of benzene rings is 1. The van der Waals surface area contributed by atoms with Gasteiger partial charge in [0.05, 0.1) is 11.4 Å². The molecule has 5 aromatic rings. The number of aromatic amines is 1. The van der Waals surface area contributed by atoms with Crippen LogP contribution >= 0.6 is 0 Å². The zero-order valence-corrected chi connectivity index (χ0v) is 20.9. The number of nitrogens with zero attached hydrogens (tertiary/aromatic N) is 6. The van der Waals surface area contributed by atoms with Crippen molar-refractivity contribution in [1.82, 2.24) is 39.7 Å². The molecule has 11 heteroatoms. The van der Waals surface area contributed by atoms with E-state index in [4.69, 9.17) is 4.74 Å². The minimum Gasteiger partial charge on any atom is -0.486 e. The van der Waals surface area contributed by atoms with Crippen LogP contribution in [-0.4, -0.2) is 66.5 Å².